The van der Waals surface area contributed by atoms with Crippen molar-refractivity contribution in [2.45, 2.75) is 25.8 Å². The van der Waals surface area contributed by atoms with E-state index in [0.717, 1.165) is 5.56 Å². The van der Waals surface area contributed by atoms with Gasteiger partial charge in [0.1, 0.15) is 11.8 Å². The molecular weight excluding hydrogens is 386 g/mol. The third-order valence-corrected chi connectivity index (χ3v) is 3.72. The van der Waals surface area contributed by atoms with Gasteiger partial charge in [0.05, 0.1) is 13.0 Å². The molecule has 6 N–H and O–H groups in total. The first-order valence-corrected chi connectivity index (χ1v) is 8.60. The number of primary amides is 1. The normalized spacial score (nSPS) is 12.3. The molecule has 1 rings (SSSR count). The van der Waals surface area contributed by atoms with Gasteiger partial charge in [0.2, 0.25) is 17.7 Å². The Morgan fingerprint density at radius 3 is 2.17 bits per heavy atom. The van der Waals surface area contributed by atoms with Gasteiger partial charge in [-0.1, -0.05) is 19.1 Å². The summed E-state index contributed by atoms with van der Waals surface area (Å²) in [7, 11) is 0. The fourth-order valence-corrected chi connectivity index (χ4v) is 2.31. The van der Waals surface area contributed by atoms with Crippen molar-refractivity contribution in [3.8, 4) is 5.75 Å². The predicted molar refractivity (Wildman–Crippen MR) is 98.8 cm³/mol. The van der Waals surface area contributed by atoms with Crippen LogP contribution in [0.25, 0.3) is 0 Å². The first-order valence-electron chi connectivity index (χ1n) is 8.60. The number of amides is 3. The lowest BCUT2D eigenvalue weighted by atomic mass is 9.99. The zero-order valence-electron chi connectivity index (χ0n) is 15.7. The van der Waals surface area contributed by atoms with Gasteiger partial charge in [-0.2, -0.15) is 0 Å². The number of ether oxygens (including phenoxy) is 1. The summed E-state index contributed by atoms with van der Waals surface area (Å²) in [6, 6.07) is 5.10. The van der Waals surface area contributed by atoms with Gasteiger partial charge < -0.3 is 31.3 Å². The van der Waals surface area contributed by atoms with Crippen LogP contribution in [-0.4, -0.2) is 59.1 Å². The summed E-state index contributed by atoms with van der Waals surface area (Å²) >= 11 is 0. The average Bonchev–Trinajstić information content (AvgIpc) is 2.64. The Morgan fingerprint density at radius 1 is 1.03 bits per heavy atom. The van der Waals surface area contributed by atoms with Crippen LogP contribution in [0.1, 0.15) is 18.9 Å². The molecule has 29 heavy (non-hydrogen) atoms. The van der Waals surface area contributed by atoms with Crippen LogP contribution in [0, 0.1) is 5.92 Å². The maximum absolute atomic E-state index is 12.4. The fraction of sp³-hybridized carbons (Fsp3) is 0.389. The van der Waals surface area contributed by atoms with Crippen LogP contribution in [0.4, 0.5) is 0 Å². The highest BCUT2D eigenvalue weighted by molar-refractivity contribution is 5.93. The SMILES string of the molecule is C[C@@H](Cc1ccc(OCC(=O)O)cc1)C(=O)N[C@@H](CC(=O)O)C(=O)NCC(N)=O. The van der Waals surface area contributed by atoms with Crippen LogP contribution in [0.3, 0.4) is 0 Å². The van der Waals surface area contributed by atoms with E-state index >= 15 is 0 Å². The summed E-state index contributed by atoms with van der Waals surface area (Å²) in [4.78, 5) is 56.5. The van der Waals surface area contributed by atoms with Gasteiger partial charge in [0.25, 0.3) is 0 Å². The minimum atomic E-state index is -1.35. The zero-order chi connectivity index (χ0) is 22.0. The maximum atomic E-state index is 12.4. The van der Waals surface area contributed by atoms with Gasteiger partial charge in [-0.05, 0) is 24.1 Å². The third-order valence-electron chi connectivity index (χ3n) is 3.72. The molecule has 11 heteroatoms. The number of carboxylic acid groups (broad SMARTS) is 2. The van der Waals surface area contributed by atoms with Crippen LogP contribution in [0.2, 0.25) is 0 Å². The zero-order valence-corrected chi connectivity index (χ0v) is 15.7. The summed E-state index contributed by atoms with van der Waals surface area (Å²) in [6.45, 7) is 0.654. The number of nitrogens with one attached hydrogen (secondary N) is 2. The Labute approximate surface area is 166 Å². The second-order valence-corrected chi connectivity index (χ2v) is 6.27. The summed E-state index contributed by atoms with van der Waals surface area (Å²) in [5.74, 6) is -4.81. The van der Waals surface area contributed by atoms with Crippen molar-refractivity contribution < 1.29 is 38.9 Å². The molecule has 0 spiro atoms. The van der Waals surface area contributed by atoms with Crippen molar-refractivity contribution in [2.24, 2.45) is 11.7 Å². The number of carbonyl (C=O) groups is 5. The van der Waals surface area contributed by atoms with Crippen LogP contribution in [0.5, 0.6) is 5.75 Å². The molecule has 0 radical (unpaired) electrons. The van der Waals surface area contributed by atoms with E-state index in [1.54, 1.807) is 31.2 Å². The molecule has 1 aromatic carbocycles. The molecule has 0 saturated carbocycles. The molecule has 11 nitrogen and oxygen atoms in total. The summed E-state index contributed by atoms with van der Waals surface area (Å²) in [6.07, 6.45) is -0.369. The van der Waals surface area contributed by atoms with Crippen LogP contribution >= 0.6 is 0 Å². The summed E-state index contributed by atoms with van der Waals surface area (Å²) in [5, 5.41) is 22.0. The highest BCUT2D eigenvalue weighted by Gasteiger charge is 2.26. The molecule has 0 bridgehead atoms. The van der Waals surface area contributed by atoms with Gasteiger partial charge in [-0.25, -0.2) is 4.79 Å². The van der Waals surface area contributed by atoms with Crippen LogP contribution < -0.4 is 21.1 Å². The van der Waals surface area contributed by atoms with E-state index in [2.05, 4.69) is 10.6 Å². The standard InChI is InChI=1S/C18H23N3O8/c1-10(6-11-2-4-12(5-3-11)29-9-16(25)26)17(27)21-13(7-15(23)24)18(28)20-8-14(19)22/h2-5,10,13H,6-9H2,1H3,(H2,19,22)(H,20,28)(H,21,27)(H,23,24)(H,25,26)/t10-,13-/m0/s1. The Hall–Kier alpha value is -3.63. The molecule has 2 atom stereocenters. The van der Waals surface area contributed by atoms with Crippen molar-refractivity contribution in [3.05, 3.63) is 29.8 Å². The highest BCUT2D eigenvalue weighted by atomic mass is 16.5. The minimum Gasteiger partial charge on any atom is -0.482 e. The molecule has 0 aliphatic carbocycles. The number of carbonyl (C=O) groups excluding carboxylic acids is 3. The van der Waals surface area contributed by atoms with Gasteiger partial charge in [0, 0.05) is 5.92 Å². The van der Waals surface area contributed by atoms with E-state index in [9.17, 15) is 24.0 Å². The van der Waals surface area contributed by atoms with Crippen LogP contribution in [0.15, 0.2) is 24.3 Å². The second kappa shape index (κ2) is 11.3. The molecule has 0 aliphatic heterocycles. The van der Waals surface area contributed by atoms with Crippen LogP contribution in [-0.2, 0) is 30.4 Å². The molecule has 0 fully saturated rings. The van der Waals surface area contributed by atoms with E-state index in [0.29, 0.717) is 5.75 Å². The molecule has 158 valence electrons. The summed E-state index contributed by atoms with van der Waals surface area (Å²) < 4.78 is 5.02. The Balaban J connectivity index is 2.67. The lowest BCUT2D eigenvalue weighted by molar-refractivity contribution is -0.141. The van der Waals surface area contributed by atoms with Crippen molar-refractivity contribution in [2.75, 3.05) is 13.2 Å². The van der Waals surface area contributed by atoms with Crippen molar-refractivity contribution >= 4 is 29.7 Å². The van der Waals surface area contributed by atoms with Gasteiger partial charge in [0.15, 0.2) is 6.61 Å². The van der Waals surface area contributed by atoms with Crippen molar-refractivity contribution in [1.82, 2.24) is 10.6 Å². The van der Waals surface area contributed by atoms with Gasteiger partial charge >= 0.3 is 11.9 Å². The third kappa shape index (κ3) is 9.22. The van der Waals surface area contributed by atoms with Crippen molar-refractivity contribution in [1.29, 1.82) is 0 Å². The van der Waals surface area contributed by atoms with E-state index in [-0.39, 0.29) is 6.42 Å². The summed E-state index contributed by atoms with van der Waals surface area (Å²) in [5.41, 5.74) is 5.68. The highest BCUT2D eigenvalue weighted by Crippen LogP contribution is 2.15. The predicted octanol–water partition coefficient (Wildman–Crippen LogP) is -1.11. The van der Waals surface area contributed by atoms with Gasteiger partial charge in [-0.3, -0.25) is 19.2 Å². The lowest BCUT2D eigenvalue weighted by Gasteiger charge is -2.19. The fourth-order valence-electron chi connectivity index (χ4n) is 2.31. The van der Waals surface area contributed by atoms with E-state index in [1.165, 1.54) is 0 Å². The number of aliphatic carboxylic acids is 2. The Bertz CT molecular complexity index is 763. The molecule has 0 heterocycles. The quantitative estimate of drug-likeness (QED) is 0.287. The Morgan fingerprint density at radius 2 is 1.66 bits per heavy atom. The molecule has 1 aromatic rings. The number of benzene rings is 1. The first kappa shape index (κ1) is 23.4. The van der Waals surface area contributed by atoms with E-state index < -0.39 is 61.2 Å². The Kier molecular flexibility index (Phi) is 9.10. The number of hydrogen-bond acceptors (Lipinski definition) is 6. The molecule has 0 aliphatic rings. The molecule has 0 saturated heterocycles. The molecule has 0 aromatic heterocycles. The lowest BCUT2D eigenvalue weighted by Crippen LogP contribution is -2.50. The monoisotopic (exact) mass is 409 g/mol. The number of carboxylic acids is 2. The average molecular weight is 409 g/mol. The first-order chi connectivity index (χ1) is 13.6. The van der Waals surface area contributed by atoms with E-state index in [4.69, 9.17) is 20.7 Å². The number of hydrogen-bond donors (Lipinski definition) is 5. The largest absolute Gasteiger partial charge is 0.482 e. The van der Waals surface area contributed by atoms with Crippen molar-refractivity contribution in [3.63, 3.8) is 0 Å². The number of rotatable bonds is 12. The second-order valence-electron chi connectivity index (χ2n) is 6.27. The number of nitrogens with two attached hydrogens (primary N) is 1. The molecular formula is C18H23N3O8. The maximum Gasteiger partial charge on any atom is 0.341 e. The van der Waals surface area contributed by atoms with Gasteiger partial charge in [-0.15, -0.1) is 0 Å². The van der Waals surface area contributed by atoms with E-state index in [1.807, 2.05) is 0 Å². The smallest absolute Gasteiger partial charge is 0.341 e. The molecule has 0 unspecified atom stereocenters. The minimum absolute atomic E-state index is 0.285. The topological polar surface area (TPSA) is 185 Å². The molecule has 3 amide bonds.